The third kappa shape index (κ3) is 4.47. The van der Waals surface area contributed by atoms with E-state index < -0.39 is 0 Å². The minimum atomic E-state index is 0.257. The smallest absolute Gasteiger partial charge is 0.191 e. The van der Waals surface area contributed by atoms with Crippen LogP contribution in [0.1, 0.15) is 24.8 Å². The Morgan fingerprint density at radius 3 is 2.91 bits per heavy atom. The molecule has 1 aliphatic rings. The minimum Gasteiger partial charge on any atom is -0.508 e. The van der Waals surface area contributed by atoms with Crippen LogP contribution in [0.2, 0.25) is 0 Å². The molecule has 122 valence electrons. The summed E-state index contributed by atoms with van der Waals surface area (Å²) >= 11 is 1.94. The van der Waals surface area contributed by atoms with Gasteiger partial charge in [-0.25, -0.2) is 0 Å². The van der Waals surface area contributed by atoms with Crippen molar-refractivity contribution >= 4 is 17.7 Å². The lowest BCUT2D eigenvalue weighted by molar-refractivity contribution is 0.410. The normalized spacial score (nSPS) is 21.7. The lowest BCUT2D eigenvalue weighted by Gasteiger charge is -2.18. The summed E-state index contributed by atoms with van der Waals surface area (Å²) in [6.07, 6.45) is 5.78. The number of phenolic OH excluding ortho intramolecular Hbond substituents is 1. The molecule has 0 radical (unpaired) electrons. The van der Waals surface area contributed by atoms with Crippen molar-refractivity contribution in [2.75, 3.05) is 20.4 Å². The van der Waals surface area contributed by atoms with E-state index in [0.717, 1.165) is 22.5 Å². The minimum absolute atomic E-state index is 0.257. The van der Waals surface area contributed by atoms with Gasteiger partial charge in [0.15, 0.2) is 5.96 Å². The van der Waals surface area contributed by atoms with Crippen molar-refractivity contribution in [3.63, 3.8) is 0 Å². The zero-order valence-electron chi connectivity index (χ0n) is 13.4. The molecule has 5 nitrogen and oxygen atoms in total. The summed E-state index contributed by atoms with van der Waals surface area (Å²) in [4.78, 5) is 4.26. The summed E-state index contributed by atoms with van der Waals surface area (Å²) in [5, 5.41) is 17.4. The fourth-order valence-corrected chi connectivity index (χ4v) is 3.48. The summed E-state index contributed by atoms with van der Waals surface area (Å²) in [5.74, 6) is 1.76. The number of hydrogen-bond acceptors (Lipinski definition) is 4. The Kier molecular flexibility index (Phi) is 6.24. The van der Waals surface area contributed by atoms with Crippen LogP contribution in [-0.4, -0.2) is 42.8 Å². The van der Waals surface area contributed by atoms with Gasteiger partial charge in [-0.05, 0) is 43.7 Å². The lowest BCUT2D eigenvalue weighted by atomic mass is 10.2. The van der Waals surface area contributed by atoms with Crippen molar-refractivity contribution in [3.8, 4) is 11.5 Å². The Morgan fingerprint density at radius 2 is 2.27 bits per heavy atom. The average molecular weight is 323 g/mol. The topological polar surface area (TPSA) is 65.9 Å². The summed E-state index contributed by atoms with van der Waals surface area (Å²) in [6, 6.07) is 5.69. The number of methoxy groups -OCH3 is 1. The van der Waals surface area contributed by atoms with Crippen molar-refractivity contribution in [1.82, 2.24) is 10.6 Å². The fourth-order valence-electron chi connectivity index (χ4n) is 2.68. The summed E-state index contributed by atoms with van der Waals surface area (Å²) in [5.41, 5.74) is 0.788. The summed E-state index contributed by atoms with van der Waals surface area (Å²) < 4.78 is 5.19. The van der Waals surface area contributed by atoms with E-state index in [9.17, 15) is 5.11 Å². The van der Waals surface area contributed by atoms with Crippen LogP contribution in [0.15, 0.2) is 23.2 Å². The molecule has 6 heteroatoms. The molecule has 0 aromatic heterocycles. The molecule has 0 saturated heterocycles. The Hall–Kier alpha value is -1.56. The molecule has 1 fully saturated rings. The molecule has 0 bridgehead atoms. The van der Waals surface area contributed by atoms with E-state index in [1.165, 1.54) is 19.3 Å². The zero-order valence-corrected chi connectivity index (χ0v) is 14.2. The largest absolute Gasteiger partial charge is 0.508 e. The Morgan fingerprint density at radius 1 is 1.45 bits per heavy atom. The number of thioether (sulfide) groups is 1. The number of aromatic hydroxyl groups is 1. The maximum absolute atomic E-state index is 9.91. The lowest BCUT2D eigenvalue weighted by Crippen LogP contribution is -2.42. The second-order valence-corrected chi connectivity index (χ2v) is 6.57. The molecule has 22 heavy (non-hydrogen) atoms. The first-order valence-corrected chi connectivity index (χ1v) is 8.81. The number of nitrogens with zero attached hydrogens (tertiary/aromatic N) is 1. The first-order valence-electron chi connectivity index (χ1n) is 7.52. The molecule has 2 rings (SSSR count). The fraction of sp³-hybridized carbons (Fsp3) is 0.562. The van der Waals surface area contributed by atoms with E-state index in [1.807, 2.05) is 17.8 Å². The molecule has 2 atom stereocenters. The van der Waals surface area contributed by atoms with Gasteiger partial charge in [-0.1, -0.05) is 0 Å². The van der Waals surface area contributed by atoms with E-state index in [-0.39, 0.29) is 5.75 Å². The van der Waals surface area contributed by atoms with E-state index in [4.69, 9.17) is 4.74 Å². The molecule has 1 aliphatic carbocycles. The van der Waals surface area contributed by atoms with Gasteiger partial charge in [0.25, 0.3) is 0 Å². The van der Waals surface area contributed by atoms with Crippen molar-refractivity contribution in [2.45, 2.75) is 37.1 Å². The van der Waals surface area contributed by atoms with Crippen molar-refractivity contribution in [1.29, 1.82) is 0 Å². The van der Waals surface area contributed by atoms with Crippen molar-refractivity contribution < 1.29 is 9.84 Å². The highest BCUT2D eigenvalue weighted by Crippen LogP contribution is 2.28. The van der Waals surface area contributed by atoms with Gasteiger partial charge in [-0.2, -0.15) is 11.8 Å². The third-order valence-electron chi connectivity index (χ3n) is 4.02. The average Bonchev–Trinajstić information content (AvgIpc) is 3.00. The third-order valence-corrected chi connectivity index (χ3v) is 5.11. The maximum atomic E-state index is 9.91. The van der Waals surface area contributed by atoms with Gasteiger partial charge < -0.3 is 20.5 Å². The van der Waals surface area contributed by atoms with Crippen molar-refractivity contribution in [2.24, 2.45) is 4.99 Å². The maximum Gasteiger partial charge on any atom is 0.191 e. The highest BCUT2D eigenvalue weighted by molar-refractivity contribution is 7.99. The van der Waals surface area contributed by atoms with Gasteiger partial charge in [0.1, 0.15) is 11.5 Å². The van der Waals surface area contributed by atoms with Crippen LogP contribution in [-0.2, 0) is 6.54 Å². The Labute approximate surface area is 136 Å². The standard InChI is InChI=1S/C16H25N3O2S/c1-17-16(19-12-4-6-14(9-12)22-3)18-10-11-8-13(21-2)5-7-15(11)20/h5,7-8,12,14,20H,4,6,9-10H2,1-3H3,(H2,17,18,19). The first kappa shape index (κ1) is 16.8. The first-order chi connectivity index (χ1) is 10.7. The highest BCUT2D eigenvalue weighted by Gasteiger charge is 2.24. The number of benzene rings is 1. The summed E-state index contributed by atoms with van der Waals surface area (Å²) in [6.45, 7) is 0.501. The van der Waals surface area contributed by atoms with Crippen LogP contribution in [0.5, 0.6) is 11.5 Å². The molecule has 0 amide bonds. The van der Waals surface area contributed by atoms with Gasteiger partial charge in [-0.15, -0.1) is 0 Å². The SMILES string of the molecule is CN=C(NCc1cc(OC)ccc1O)NC1CCC(SC)C1. The molecule has 0 heterocycles. The van der Waals surface area contributed by atoms with E-state index in [0.29, 0.717) is 12.6 Å². The molecule has 1 aromatic rings. The van der Waals surface area contributed by atoms with Gasteiger partial charge in [0, 0.05) is 30.4 Å². The number of nitrogens with one attached hydrogen (secondary N) is 2. The number of phenols is 1. The highest BCUT2D eigenvalue weighted by atomic mass is 32.2. The van der Waals surface area contributed by atoms with Crippen molar-refractivity contribution in [3.05, 3.63) is 23.8 Å². The van der Waals surface area contributed by atoms with Crippen LogP contribution in [0, 0.1) is 0 Å². The quantitative estimate of drug-likeness (QED) is 0.573. The van der Waals surface area contributed by atoms with E-state index in [2.05, 4.69) is 21.9 Å². The molecule has 2 unspecified atom stereocenters. The second kappa shape index (κ2) is 8.17. The van der Waals surface area contributed by atoms with E-state index >= 15 is 0 Å². The molecule has 3 N–H and O–H groups in total. The molecule has 0 spiro atoms. The van der Waals surface area contributed by atoms with Crippen LogP contribution >= 0.6 is 11.8 Å². The van der Waals surface area contributed by atoms with Gasteiger partial charge in [-0.3, -0.25) is 4.99 Å². The van der Waals surface area contributed by atoms with Crippen LogP contribution < -0.4 is 15.4 Å². The molecular formula is C16H25N3O2S. The predicted octanol–water partition coefficient (Wildman–Crippen LogP) is 2.35. The molecule has 1 saturated carbocycles. The Bertz CT molecular complexity index is 522. The van der Waals surface area contributed by atoms with Crippen LogP contribution in [0.25, 0.3) is 0 Å². The zero-order chi connectivity index (χ0) is 15.9. The number of rotatable bonds is 5. The van der Waals surface area contributed by atoms with Crippen LogP contribution in [0.3, 0.4) is 0 Å². The van der Waals surface area contributed by atoms with E-state index in [1.54, 1.807) is 26.3 Å². The van der Waals surface area contributed by atoms with Gasteiger partial charge in [0.2, 0.25) is 0 Å². The monoisotopic (exact) mass is 323 g/mol. The van der Waals surface area contributed by atoms with Gasteiger partial charge >= 0.3 is 0 Å². The molecular weight excluding hydrogens is 298 g/mol. The number of ether oxygens (including phenoxy) is 1. The Balaban J connectivity index is 1.89. The van der Waals surface area contributed by atoms with Gasteiger partial charge in [0.05, 0.1) is 7.11 Å². The number of hydrogen-bond donors (Lipinski definition) is 3. The molecule has 1 aromatic carbocycles. The predicted molar refractivity (Wildman–Crippen MR) is 92.9 cm³/mol. The molecule has 0 aliphatic heterocycles. The number of aliphatic imine (C=N–C) groups is 1. The second-order valence-electron chi connectivity index (χ2n) is 5.43. The van der Waals surface area contributed by atoms with Crippen LogP contribution in [0.4, 0.5) is 0 Å². The summed E-state index contributed by atoms with van der Waals surface area (Å²) in [7, 11) is 3.38. The number of guanidine groups is 1.